The summed E-state index contributed by atoms with van der Waals surface area (Å²) in [6.07, 6.45) is 1.16. The second kappa shape index (κ2) is 4.24. The summed E-state index contributed by atoms with van der Waals surface area (Å²) in [4.78, 5) is 0. The number of anilines is 1. The van der Waals surface area contributed by atoms with Crippen LogP contribution in [0.1, 0.15) is 0 Å². The van der Waals surface area contributed by atoms with Gasteiger partial charge in [-0.25, -0.2) is 8.42 Å². The quantitative estimate of drug-likeness (QED) is 0.726. The van der Waals surface area contributed by atoms with Crippen molar-refractivity contribution in [2.75, 3.05) is 11.0 Å². The topological polar surface area (TPSA) is 46.2 Å². The number of fused-ring (bicyclic) bond motifs is 3. The Morgan fingerprint density at radius 3 is 2.11 bits per heavy atom. The van der Waals surface area contributed by atoms with Gasteiger partial charge in [-0.15, -0.1) is 0 Å². The molecule has 4 heteroatoms. The fraction of sp³-hybridized carbons (Fsp3) is 0.0667. The van der Waals surface area contributed by atoms with Gasteiger partial charge in [0.25, 0.3) is 0 Å². The van der Waals surface area contributed by atoms with E-state index in [2.05, 4.69) is 4.72 Å². The van der Waals surface area contributed by atoms with E-state index < -0.39 is 10.0 Å². The number of hydrogen-bond donors (Lipinski definition) is 1. The Kier molecular flexibility index (Phi) is 2.68. The fourth-order valence-corrected chi connectivity index (χ4v) is 2.91. The first-order valence-electron chi connectivity index (χ1n) is 5.93. The standard InChI is InChI=1S/C15H13NO2S/c1-19(17,18)16-15-10-11-6-2-3-7-12(11)13-8-4-5-9-14(13)15/h2-10,16H,1H3. The van der Waals surface area contributed by atoms with Gasteiger partial charge < -0.3 is 0 Å². The first-order valence-corrected chi connectivity index (χ1v) is 7.82. The van der Waals surface area contributed by atoms with E-state index in [1.54, 1.807) is 0 Å². The van der Waals surface area contributed by atoms with Gasteiger partial charge in [0.15, 0.2) is 0 Å². The van der Waals surface area contributed by atoms with Gasteiger partial charge in [0.1, 0.15) is 0 Å². The molecule has 0 saturated carbocycles. The van der Waals surface area contributed by atoms with Crippen molar-refractivity contribution in [3.05, 3.63) is 54.6 Å². The van der Waals surface area contributed by atoms with Gasteiger partial charge in [0.05, 0.1) is 11.9 Å². The van der Waals surface area contributed by atoms with Gasteiger partial charge in [-0.3, -0.25) is 4.72 Å². The summed E-state index contributed by atoms with van der Waals surface area (Å²) in [6, 6.07) is 17.6. The zero-order chi connectivity index (χ0) is 13.5. The van der Waals surface area contributed by atoms with Crippen molar-refractivity contribution in [3.8, 4) is 0 Å². The van der Waals surface area contributed by atoms with E-state index in [0.29, 0.717) is 5.69 Å². The van der Waals surface area contributed by atoms with Gasteiger partial charge >= 0.3 is 0 Å². The van der Waals surface area contributed by atoms with Crippen LogP contribution < -0.4 is 4.72 Å². The molecule has 0 aromatic heterocycles. The molecule has 0 fully saturated rings. The highest BCUT2D eigenvalue weighted by Crippen LogP contribution is 2.32. The number of rotatable bonds is 2. The van der Waals surface area contributed by atoms with Crippen LogP contribution in [0.4, 0.5) is 5.69 Å². The zero-order valence-corrected chi connectivity index (χ0v) is 11.2. The molecule has 0 radical (unpaired) electrons. The third kappa shape index (κ3) is 2.27. The van der Waals surface area contributed by atoms with Gasteiger partial charge in [-0.1, -0.05) is 48.5 Å². The molecule has 3 nitrogen and oxygen atoms in total. The smallest absolute Gasteiger partial charge is 0.229 e. The molecule has 96 valence electrons. The molecule has 1 N–H and O–H groups in total. The van der Waals surface area contributed by atoms with E-state index in [4.69, 9.17) is 0 Å². The fourth-order valence-electron chi connectivity index (χ4n) is 2.34. The Morgan fingerprint density at radius 2 is 1.42 bits per heavy atom. The molecule has 3 rings (SSSR count). The highest BCUT2D eigenvalue weighted by atomic mass is 32.2. The van der Waals surface area contributed by atoms with Crippen molar-refractivity contribution in [2.45, 2.75) is 0 Å². The molecule has 0 bridgehead atoms. The minimum absolute atomic E-state index is 0.622. The lowest BCUT2D eigenvalue weighted by Gasteiger charge is -2.11. The number of hydrogen-bond acceptors (Lipinski definition) is 2. The van der Waals surface area contributed by atoms with Crippen LogP contribution >= 0.6 is 0 Å². The number of benzene rings is 3. The van der Waals surface area contributed by atoms with Crippen LogP contribution in [0, 0.1) is 0 Å². The summed E-state index contributed by atoms with van der Waals surface area (Å²) >= 11 is 0. The summed E-state index contributed by atoms with van der Waals surface area (Å²) in [7, 11) is -3.29. The first-order chi connectivity index (χ1) is 9.04. The molecule has 0 heterocycles. The van der Waals surface area contributed by atoms with Crippen molar-refractivity contribution >= 4 is 37.3 Å². The monoisotopic (exact) mass is 271 g/mol. The number of nitrogens with one attached hydrogen (secondary N) is 1. The second-order valence-electron chi connectivity index (χ2n) is 4.57. The molecule has 0 aliphatic rings. The zero-order valence-electron chi connectivity index (χ0n) is 10.4. The molecule has 0 atom stereocenters. The molecule has 0 aliphatic heterocycles. The summed E-state index contributed by atoms with van der Waals surface area (Å²) in [5, 5.41) is 4.10. The minimum atomic E-state index is -3.29. The molecule has 0 spiro atoms. The van der Waals surface area contributed by atoms with Gasteiger partial charge in [-0.2, -0.15) is 0 Å². The maximum atomic E-state index is 11.5. The van der Waals surface area contributed by atoms with Crippen LogP contribution in [0.5, 0.6) is 0 Å². The summed E-state index contributed by atoms with van der Waals surface area (Å²) < 4.78 is 25.5. The minimum Gasteiger partial charge on any atom is -0.283 e. The average Bonchev–Trinajstić information content (AvgIpc) is 2.37. The van der Waals surface area contributed by atoms with Crippen LogP contribution in [-0.4, -0.2) is 14.7 Å². The van der Waals surface area contributed by atoms with Crippen molar-refractivity contribution in [3.63, 3.8) is 0 Å². The highest BCUT2D eigenvalue weighted by molar-refractivity contribution is 7.92. The van der Waals surface area contributed by atoms with Crippen molar-refractivity contribution in [1.82, 2.24) is 0 Å². The van der Waals surface area contributed by atoms with Crippen molar-refractivity contribution in [2.24, 2.45) is 0 Å². The predicted molar refractivity (Wildman–Crippen MR) is 79.9 cm³/mol. The van der Waals surface area contributed by atoms with E-state index >= 15 is 0 Å². The Hall–Kier alpha value is -2.07. The number of sulfonamides is 1. The molecule has 0 unspecified atom stereocenters. The molecule has 0 aliphatic carbocycles. The maximum absolute atomic E-state index is 11.5. The van der Waals surface area contributed by atoms with Crippen molar-refractivity contribution < 1.29 is 8.42 Å². The van der Waals surface area contributed by atoms with E-state index in [1.165, 1.54) is 0 Å². The molecular formula is C15H13NO2S. The average molecular weight is 271 g/mol. The Balaban J connectivity index is 2.42. The van der Waals surface area contributed by atoms with E-state index in [1.807, 2.05) is 54.6 Å². The van der Waals surface area contributed by atoms with E-state index in [9.17, 15) is 8.42 Å². The Bertz CT molecular complexity index is 870. The SMILES string of the molecule is CS(=O)(=O)Nc1cc2ccccc2c2ccccc12. The van der Waals surface area contributed by atoms with Crippen LogP contribution in [0.15, 0.2) is 54.6 Å². The second-order valence-corrected chi connectivity index (χ2v) is 6.31. The van der Waals surface area contributed by atoms with Crippen LogP contribution in [-0.2, 0) is 10.0 Å². The van der Waals surface area contributed by atoms with E-state index in [0.717, 1.165) is 27.8 Å². The summed E-state index contributed by atoms with van der Waals surface area (Å²) in [6.45, 7) is 0. The normalized spacial score (nSPS) is 11.8. The summed E-state index contributed by atoms with van der Waals surface area (Å²) in [5.74, 6) is 0. The summed E-state index contributed by atoms with van der Waals surface area (Å²) in [5.41, 5.74) is 0.622. The Labute approximate surface area is 111 Å². The lowest BCUT2D eigenvalue weighted by atomic mass is 10.0. The van der Waals surface area contributed by atoms with Crippen LogP contribution in [0.2, 0.25) is 0 Å². The van der Waals surface area contributed by atoms with Gasteiger partial charge in [0.2, 0.25) is 10.0 Å². The molecule has 3 aromatic rings. The molecule has 19 heavy (non-hydrogen) atoms. The largest absolute Gasteiger partial charge is 0.283 e. The molecule has 0 saturated heterocycles. The predicted octanol–water partition coefficient (Wildman–Crippen LogP) is 3.36. The Morgan fingerprint density at radius 1 is 0.842 bits per heavy atom. The van der Waals surface area contributed by atoms with Crippen LogP contribution in [0.3, 0.4) is 0 Å². The highest BCUT2D eigenvalue weighted by Gasteiger charge is 2.09. The van der Waals surface area contributed by atoms with Gasteiger partial charge in [0, 0.05) is 5.39 Å². The maximum Gasteiger partial charge on any atom is 0.229 e. The van der Waals surface area contributed by atoms with Gasteiger partial charge in [-0.05, 0) is 22.2 Å². The molecule has 3 aromatic carbocycles. The lowest BCUT2D eigenvalue weighted by Crippen LogP contribution is -2.09. The first kappa shape index (κ1) is 12.0. The third-order valence-electron chi connectivity index (χ3n) is 3.06. The van der Waals surface area contributed by atoms with E-state index in [-0.39, 0.29) is 0 Å². The van der Waals surface area contributed by atoms with Crippen molar-refractivity contribution in [1.29, 1.82) is 0 Å². The van der Waals surface area contributed by atoms with Crippen LogP contribution in [0.25, 0.3) is 21.5 Å². The molecule has 0 amide bonds. The molecular weight excluding hydrogens is 258 g/mol. The third-order valence-corrected chi connectivity index (χ3v) is 3.65. The lowest BCUT2D eigenvalue weighted by molar-refractivity contribution is 0.607.